The van der Waals surface area contributed by atoms with Gasteiger partial charge in [-0.25, -0.2) is 4.98 Å². The third-order valence-electron chi connectivity index (χ3n) is 5.91. The second-order valence-electron chi connectivity index (χ2n) is 7.96. The van der Waals surface area contributed by atoms with Crippen LogP contribution >= 0.6 is 11.6 Å². The number of hydrogen-bond donors (Lipinski definition) is 0. The molecule has 0 unspecified atom stereocenters. The van der Waals surface area contributed by atoms with E-state index in [-0.39, 0.29) is 30.7 Å². The summed E-state index contributed by atoms with van der Waals surface area (Å²) in [7, 11) is 1.67. The van der Waals surface area contributed by atoms with Crippen LogP contribution in [0.5, 0.6) is 0 Å². The number of nitrogens with zero attached hydrogens (tertiary/aromatic N) is 6. The Morgan fingerprint density at radius 1 is 1.00 bits per heavy atom. The Balaban J connectivity index is 1.35. The number of fused-ring (bicyclic) bond motifs is 4. The zero-order valence-corrected chi connectivity index (χ0v) is 18.5. The Labute approximate surface area is 197 Å². The van der Waals surface area contributed by atoms with Crippen molar-refractivity contribution in [1.29, 1.82) is 0 Å². The molecule has 34 heavy (non-hydrogen) atoms. The van der Waals surface area contributed by atoms with E-state index in [0.717, 1.165) is 4.90 Å². The minimum atomic E-state index is -0.406. The van der Waals surface area contributed by atoms with Crippen molar-refractivity contribution in [2.45, 2.75) is 13.1 Å². The number of carbonyl (C=O) groups is 3. The van der Waals surface area contributed by atoms with Crippen molar-refractivity contribution in [3.63, 3.8) is 0 Å². The Bertz CT molecular complexity index is 1490. The molecule has 0 N–H and O–H groups in total. The van der Waals surface area contributed by atoms with Crippen LogP contribution in [0.25, 0.3) is 17.3 Å². The van der Waals surface area contributed by atoms with Gasteiger partial charge in [0.15, 0.2) is 11.5 Å². The maximum atomic E-state index is 12.9. The molecule has 6 rings (SSSR count). The van der Waals surface area contributed by atoms with E-state index >= 15 is 0 Å². The number of aromatic nitrogens is 4. The molecule has 0 bridgehead atoms. The van der Waals surface area contributed by atoms with Gasteiger partial charge in [0.1, 0.15) is 6.33 Å². The van der Waals surface area contributed by atoms with E-state index in [9.17, 15) is 14.4 Å². The van der Waals surface area contributed by atoms with E-state index in [1.165, 1.54) is 4.90 Å². The average Bonchev–Trinajstić information content (AvgIpc) is 3.51. The molecule has 4 heterocycles. The lowest BCUT2D eigenvalue weighted by atomic mass is 10.1. The van der Waals surface area contributed by atoms with Gasteiger partial charge in [-0.05, 0) is 24.3 Å². The Morgan fingerprint density at radius 2 is 1.74 bits per heavy atom. The van der Waals surface area contributed by atoms with Gasteiger partial charge in [0.05, 0.1) is 46.2 Å². The molecular weight excluding hydrogens is 460 g/mol. The molecule has 0 aliphatic carbocycles. The molecular formula is C23H15ClN6O4. The Morgan fingerprint density at radius 3 is 2.47 bits per heavy atom. The quantitative estimate of drug-likeness (QED) is 0.419. The molecule has 2 aromatic heterocycles. The number of amides is 3. The first-order chi connectivity index (χ1) is 16.4. The summed E-state index contributed by atoms with van der Waals surface area (Å²) in [5, 5.41) is 4.29. The van der Waals surface area contributed by atoms with E-state index in [0.29, 0.717) is 38.8 Å². The van der Waals surface area contributed by atoms with Crippen LogP contribution < -0.4 is 0 Å². The second-order valence-corrected chi connectivity index (χ2v) is 8.37. The minimum absolute atomic E-state index is 0.117. The summed E-state index contributed by atoms with van der Waals surface area (Å²) in [4.78, 5) is 49.6. The lowest BCUT2D eigenvalue weighted by molar-refractivity contribution is 0.0636. The predicted octanol–water partition coefficient (Wildman–Crippen LogP) is 2.96. The van der Waals surface area contributed by atoms with Crippen molar-refractivity contribution < 1.29 is 18.9 Å². The van der Waals surface area contributed by atoms with Crippen LogP contribution in [-0.4, -0.2) is 54.3 Å². The number of benzene rings is 2. The van der Waals surface area contributed by atoms with E-state index in [1.807, 2.05) is 0 Å². The summed E-state index contributed by atoms with van der Waals surface area (Å²) in [6.45, 7) is 0.0953. The summed E-state index contributed by atoms with van der Waals surface area (Å²) >= 11 is 6.32. The lowest BCUT2D eigenvalue weighted by Crippen LogP contribution is -2.29. The number of imide groups is 1. The van der Waals surface area contributed by atoms with Crippen molar-refractivity contribution in [1.82, 2.24) is 29.5 Å². The average molecular weight is 475 g/mol. The smallest absolute Gasteiger partial charge is 0.278 e. The molecule has 0 fully saturated rings. The molecule has 2 aliphatic heterocycles. The van der Waals surface area contributed by atoms with Gasteiger partial charge in [0.2, 0.25) is 0 Å². The normalized spacial score (nSPS) is 14.8. The van der Waals surface area contributed by atoms with Gasteiger partial charge >= 0.3 is 0 Å². The highest BCUT2D eigenvalue weighted by Crippen LogP contribution is 2.33. The van der Waals surface area contributed by atoms with E-state index in [1.54, 1.807) is 60.4 Å². The van der Waals surface area contributed by atoms with Gasteiger partial charge in [-0.2, -0.15) is 4.98 Å². The fourth-order valence-corrected chi connectivity index (χ4v) is 4.51. The standard InChI is InChI=1S/C23H15ClN6O4/c1-28-9-16-19(25-11-30(16)15-8-4-7-14(24)18(15)23(28)33)20-26-17(27-34-20)10-29-21(31)12-5-2-3-6-13(12)22(29)32/h2-8,11H,9-10H2,1H3. The fraction of sp³-hybridized carbons (Fsp3) is 0.130. The molecule has 2 aliphatic rings. The summed E-state index contributed by atoms with van der Waals surface area (Å²) in [5.41, 5.74) is 2.73. The zero-order valence-electron chi connectivity index (χ0n) is 17.7. The van der Waals surface area contributed by atoms with Gasteiger partial charge in [0, 0.05) is 7.05 Å². The number of hydrogen-bond acceptors (Lipinski definition) is 7. The van der Waals surface area contributed by atoms with E-state index in [4.69, 9.17) is 16.1 Å². The zero-order chi connectivity index (χ0) is 23.6. The second kappa shape index (κ2) is 7.35. The van der Waals surface area contributed by atoms with Crippen LogP contribution in [0, 0.1) is 0 Å². The Kier molecular flexibility index (Phi) is 4.39. The fourth-order valence-electron chi connectivity index (χ4n) is 4.26. The van der Waals surface area contributed by atoms with Crippen LogP contribution in [0.2, 0.25) is 5.02 Å². The highest BCUT2D eigenvalue weighted by molar-refractivity contribution is 6.34. The third kappa shape index (κ3) is 2.88. The number of carbonyl (C=O) groups excluding carboxylic acids is 3. The molecule has 0 spiro atoms. The van der Waals surface area contributed by atoms with Crippen LogP contribution in [0.4, 0.5) is 0 Å². The van der Waals surface area contributed by atoms with Crippen LogP contribution in [0.15, 0.2) is 53.3 Å². The third-order valence-corrected chi connectivity index (χ3v) is 6.23. The van der Waals surface area contributed by atoms with Crippen molar-refractivity contribution in [2.24, 2.45) is 0 Å². The molecule has 3 amide bonds. The van der Waals surface area contributed by atoms with Gasteiger partial charge in [-0.15, -0.1) is 0 Å². The van der Waals surface area contributed by atoms with Gasteiger partial charge < -0.3 is 9.42 Å². The van der Waals surface area contributed by atoms with Crippen LogP contribution in [0.1, 0.15) is 42.6 Å². The van der Waals surface area contributed by atoms with Crippen molar-refractivity contribution in [3.05, 3.63) is 82.0 Å². The van der Waals surface area contributed by atoms with E-state index in [2.05, 4.69) is 15.1 Å². The van der Waals surface area contributed by atoms with Crippen LogP contribution in [-0.2, 0) is 13.1 Å². The highest BCUT2D eigenvalue weighted by atomic mass is 35.5. The van der Waals surface area contributed by atoms with Crippen molar-refractivity contribution in [2.75, 3.05) is 7.05 Å². The molecule has 4 aromatic rings. The largest absolute Gasteiger partial charge is 0.336 e. The monoisotopic (exact) mass is 474 g/mol. The summed E-state index contributed by atoms with van der Waals surface area (Å²) in [6.07, 6.45) is 1.57. The first kappa shape index (κ1) is 20.3. The maximum Gasteiger partial charge on any atom is 0.278 e. The van der Waals surface area contributed by atoms with E-state index < -0.39 is 11.8 Å². The molecule has 0 saturated carbocycles. The molecule has 0 atom stereocenters. The summed E-state index contributed by atoms with van der Waals surface area (Å²) in [5.74, 6) is -0.751. The van der Waals surface area contributed by atoms with Crippen molar-refractivity contribution >= 4 is 29.3 Å². The topological polar surface area (TPSA) is 114 Å². The molecule has 11 heteroatoms. The maximum absolute atomic E-state index is 12.9. The number of imidazole rings is 1. The van der Waals surface area contributed by atoms with Gasteiger partial charge in [0.25, 0.3) is 23.6 Å². The van der Waals surface area contributed by atoms with Gasteiger partial charge in [-0.1, -0.05) is 35.0 Å². The Hall–Kier alpha value is -4.31. The first-order valence-electron chi connectivity index (χ1n) is 10.3. The number of rotatable bonds is 3. The lowest BCUT2D eigenvalue weighted by Gasteiger charge is -2.14. The van der Waals surface area contributed by atoms with Gasteiger partial charge in [-0.3, -0.25) is 23.9 Å². The van der Waals surface area contributed by atoms with Crippen LogP contribution in [0.3, 0.4) is 0 Å². The number of halogens is 1. The highest BCUT2D eigenvalue weighted by Gasteiger charge is 2.36. The molecule has 168 valence electrons. The predicted molar refractivity (Wildman–Crippen MR) is 118 cm³/mol. The van der Waals surface area contributed by atoms with Crippen molar-refractivity contribution in [3.8, 4) is 17.3 Å². The molecule has 10 nitrogen and oxygen atoms in total. The molecule has 0 saturated heterocycles. The SMILES string of the molecule is CN1Cc2c(-c3nc(CN4C(=O)c5ccccc5C4=O)no3)ncn2-c2cccc(Cl)c2C1=O. The molecule has 2 aromatic carbocycles. The summed E-state index contributed by atoms with van der Waals surface area (Å²) < 4.78 is 7.20. The summed E-state index contributed by atoms with van der Waals surface area (Å²) in [6, 6.07) is 11.8. The first-order valence-corrected chi connectivity index (χ1v) is 10.7. The molecule has 0 radical (unpaired) electrons. The minimum Gasteiger partial charge on any atom is -0.336 e.